The Kier molecular flexibility index (Phi) is 5.63. The molecule has 0 spiro atoms. The highest BCUT2D eigenvalue weighted by Crippen LogP contribution is 2.31. The maximum atomic E-state index is 13.0. The number of alkyl halides is 3. The van der Waals surface area contributed by atoms with Crippen LogP contribution >= 0.6 is 0 Å². The minimum Gasteiger partial charge on any atom is -0.282 e. The van der Waals surface area contributed by atoms with Crippen LogP contribution < -0.4 is 0 Å². The van der Waals surface area contributed by atoms with E-state index in [4.69, 9.17) is 0 Å². The Bertz CT molecular complexity index is 1080. The third-order valence-electron chi connectivity index (χ3n) is 4.63. The standard InChI is InChI=1S/C23H18F3N3O/c24-23(25,26)30-22(16-29-15-21(27-28-29)19-9-5-2-6-10-19)20-13-11-18(12-14-20)17-7-3-1-4-8-17/h1-15,22H,16H2. The molecule has 0 saturated carbocycles. The Labute approximate surface area is 171 Å². The molecule has 1 unspecified atom stereocenters. The maximum Gasteiger partial charge on any atom is 0.523 e. The molecular formula is C23H18F3N3O. The fourth-order valence-corrected chi connectivity index (χ4v) is 3.19. The van der Waals surface area contributed by atoms with E-state index in [1.807, 2.05) is 60.7 Å². The van der Waals surface area contributed by atoms with Crippen LogP contribution in [0.4, 0.5) is 13.2 Å². The van der Waals surface area contributed by atoms with E-state index >= 15 is 0 Å². The van der Waals surface area contributed by atoms with Gasteiger partial charge in [0.05, 0.1) is 12.7 Å². The summed E-state index contributed by atoms with van der Waals surface area (Å²) in [7, 11) is 0. The summed E-state index contributed by atoms with van der Waals surface area (Å²) in [6, 6.07) is 25.8. The lowest BCUT2D eigenvalue weighted by Crippen LogP contribution is -2.22. The van der Waals surface area contributed by atoms with E-state index in [-0.39, 0.29) is 6.54 Å². The molecule has 4 nitrogen and oxygen atoms in total. The van der Waals surface area contributed by atoms with Gasteiger partial charge in [0.2, 0.25) is 0 Å². The van der Waals surface area contributed by atoms with Gasteiger partial charge in [0.15, 0.2) is 0 Å². The van der Waals surface area contributed by atoms with Gasteiger partial charge in [-0.1, -0.05) is 90.1 Å². The molecule has 1 atom stereocenters. The average Bonchev–Trinajstić information content (AvgIpc) is 3.22. The minimum absolute atomic E-state index is 0.121. The maximum absolute atomic E-state index is 13.0. The smallest absolute Gasteiger partial charge is 0.282 e. The van der Waals surface area contributed by atoms with Crippen molar-refractivity contribution < 1.29 is 17.9 Å². The SMILES string of the molecule is FC(F)(F)OC(Cn1cc(-c2ccccc2)nn1)c1ccc(-c2ccccc2)cc1. The van der Waals surface area contributed by atoms with Crippen LogP contribution in [0.15, 0.2) is 91.1 Å². The van der Waals surface area contributed by atoms with Gasteiger partial charge in [-0.2, -0.15) is 0 Å². The number of benzene rings is 3. The Morgan fingerprint density at radius 3 is 1.93 bits per heavy atom. The zero-order valence-electron chi connectivity index (χ0n) is 15.8. The van der Waals surface area contributed by atoms with Crippen molar-refractivity contribution in [3.05, 3.63) is 96.7 Å². The number of halogens is 3. The van der Waals surface area contributed by atoms with E-state index in [2.05, 4.69) is 15.0 Å². The summed E-state index contributed by atoms with van der Waals surface area (Å²) >= 11 is 0. The second kappa shape index (κ2) is 8.51. The molecule has 0 bridgehead atoms. The van der Waals surface area contributed by atoms with Crippen molar-refractivity contribution in [2.75, 3.05) is 0 Å². The van der Waals surface area contributed by atoms with Gasteiger partial charge in [-0.05, 0) is 16.7 Å². The van der Waals surface area contributed by atoms with Crippen LogP contribution in [0.5, 0.6) is 0 Å². The molecule has 1 heterocycles. The Morgan fingerprint density at radius 2 is 1.33 bits per heavy atom. The van der Waals surface area contributed by atoms with E-state index < -0.39 is 12.5 Å². The zero-order valence-corrected chi connectivity index (χ0v) is 15.8. The number of ether oxygens (including phenoxy) is 1. The minimum atomic E-state index is -4.77. The summed E-state index contributed by atoms with van der Waals surface area (Å²) in [5.74, 6) is 0. The first-order chi connectivity index (χ1) is 14.5. The van der Waals surface area contributed by atoms with Gasteiger partial charge in [-0.3, -0.25) is 4.74 Å². The number of hydrogen-bond donors (Lipinski definition) is 0. The molecule has 0 radical (unpaired) electrons. The first-order valence-corrected chi connectivity index (χ1v) is 9.33. The van der Waals surface area contributed by atoms with Gasteiger partial charge >= 0.3 is 6.36 Å². The Morgan fingerprint density at radius 1 is 0.767 bits per heavy atom. The summed E-state index contributed by atoms with van der Waals surface area (Å²) in [5, 5.41) is 8.03. The number of rotatable bonds is 6. The van der Waals surface area contributed by atoms with Crippen LogP contribution in [0, 0.1) is 0 Å². The van der Waals surface area contributed by atoms with E-state index in [9.17, 15) is 13.2 Å². The molecule has 0 saturated heterocycles. The fourth-order valence-electron chi connectivity index (χ4n) is 3.19. The van der Waals surface area contributed by atoms with Gasteiger partial charge < -0.3 is 0 Å². The molecule has 4 aromatic rings. The van der Waals surface area contributed by atoms with E-state index in [0.29, 0.717) is 11.3 Å². The van der Waals surface area contributed by atoms with Gasteiger partial charge in [-0.15, -0.1) is 18.3 Å². The summed E-state index contributed by atoms with van der Waals surface area (Å²) in [6.07, 6.45) is -4.41. The Balaban J connectivity index is 1.57. The molecule has 3 aromatic carbocycles. The fraction of sp³-hybridized carbons (Fsp3) is 0.130. The van der Waals surface area contributed by atoms with Crippen LogP contribution in [0.3, 0.4) is 0 Å². The summed E-state index contributed by atoms with van der Waals surface area (Å²) in [5.41, 5.74) is 3.73. The van der Waals surface area contributed by atoms with Crippen LogP contribution in [0.2, 0.25) is 0 Å². The largest absolute Gasteiger partial charge is 0.523 e. The van der Waals surface area contributed by atoms with Gasteiger partial charge in [0.1, 0.15) is 11.8 Å². The molecule has 0 aliphatic rings. The molecule has 0 aliphatic carbocycles. The van der Waals surface area contributed by atoms with E-state index in [0.717, 1.165) is 16.7 Å². The molecule has 7 heteroatoms. The summed E-state index contributed by atoms with van der Waals surface area (Å²) < 4.78 is 44.9. The van der Waals surface area contributed by atoms with Gasteiger partial charge in [-0.25, -0.2) is 4.68 Å². The summed E-state index contributed by atoms with van der Waals surface area (Å²) in [4.78, 5) is 0. The lowest BCUT2D eigenvalue weighted by atomic mass is 10.0. The van der Waals surface area contributed by atoms with Crippen molar-refractivity contribution in [1.82, 2.24) is 15.0 Å². The first kappa shape index (κ1) is 19.8. The number of hydrogen-bond acceptors (Lipinski definition) is 3. The van der Waals surface area contributed by atoms with Crippen LogP contribution in [-0.2, 0) is 11.3 Å². The second-order valence-electron chi connectivity index (χ2n) is 6.73. The second-order valence-corrected chi connectivity index (χ2v) is 6.73. The first-order valence-electron chi connectivity index (χ1n) is 9.33. The third-order valence-corrected chi connectivity index (χ3v) is 4.63. The molecule has 0 fully saturated rings. The van der Waals surface area contributed by atoms with E-state index in [1.54, 1.807) is 30.5 Å². The van der Waals surface area contributed by atoms with Crippen molar-refractivity contribution in [2.24, 2.45) is 0 Å². The predicted molar refractivity (Wildman–Crippen MR) is 107 cm³/mol. The molecule has 4 rings (SSSR count). The molecule has 152 valence electrons. The molecule has 1 aromatic heterocycles. The lowest BCUT2D eigenvalue weighted by molar-refractivity contribution is -0.346. The van der Waals surface area contributed by atoms with Crippen molar-refractivity contribution in [2.45, 2.75) is 19.0 Å². The predicted octanol–water partition coefficient (Wildman–Crippen LogP) is 5.89. The quantitative estimate of drug-likeness (QED) is 0.399. The zero-order chi connectivity index (χ0) is 21.0. The highest BCUT2D eigenvalue weighted by atomic mass is 19.4. The van der Waals surface area contributed by atoms with Crippen molar-refractivity contribution in [1.29, 1.82) is 0 Å². The third kappa shape index (κ3) is 4.93. The van der Waals surface area contributed by atoms with Gasteiger partial charge in [0, 0.05) is 5.56 Å². The molecular weight excluding hydrogens is 391 g/mol. The van der Waals surface area contributed by atoms with Crippen molar-refractivity contribution in [3.63, 3.8) is 0 Å². The monoisotopic (exact) mass is 409 g/mol. The molecule has 0 amide bonds. The lowest BCUT2D eigenvalue weighted by Gasteiger charge is -2.20. The normalized spacial score (nSPS) is 12.6. The summed E-state index contributed by atoms with van der Waals surface area (Å²) in [6.45, 7) is -0.121. The topological polar surface area (TPSA) is 39.9 Å². The van der Waals surface area contributed by atoms with Crippen molar-refractivity contribution in [3.8, 4) is 22.4 Å². The molecule has 30 heavy (non-hydrogen) atoms. The van der Waals surface area contributed by atoms with Crippen LogP contribution in [0.25, 0.3) is 22.4 Å². The average molecular weight is 409 g/mol. The Hall–Kier alpha value is -3.45. The van der Waals surface area contributed by atoms with Crippen molar-refractivity contribution >= 4 is 0 Å². The highest BCUT2D eigenvalue weighted by Gasteiger charge is 2.34. The molecule has 0 N–H and O–H groups in total. The van der Waals surface area contributed by atoms with Crippen LogP contribution in [-0.4, -0.2) is 21.4 Å². The van der Waals surface area contributed by atoms with Gasteiger partial charge in [0.25, 0.3) is 0 Å². The number of aromatic nitrogens is 3. The number of nitrogens with zero attached hydrogens (tertiary/aromatic N) is 3. The van der Waals surface area contributed by atoms with Crippen LogP contribution in [0.1, 0.15) is 11.7 Å². The highest BCUT2D eigenvalue weighted by molar-refractivity contribution is 5.63. The molecule has 0 aliphatic heterocycles. The van der Waals surface area contributed by atoms with E-state index in [1.165, 1.54) is 4.68 Å².